The number of carbonyl (C=O) groups is 4. The number of alkyl carbamates (subject to hydrolysis) is 1. The Morgan fingerprint density at radius 3 is 2.12 bits per heavy atom. The number of aliphatic carboxylic acids is 1. The van der Waals surface area contributed by atoms with Gasteiger partial charge in [-0.15, -0.1) is 0 Å². The molecule has 9 heteroatoms. The van der Waals surface area contributed by atoms with Crippen LogP contribution >= 0.6 is 0 Å². The van der Waals surface area contributed by atoms with Gasteiger partial charge in [-0.05, 0) is 42.5 Å². The monoisotopic (exact) mass is 468 g/mol. The van der Waals surface area contributed by atoms with Crippen LogP contribution in [0.3, 0.4) is 0 Å². The minimum absolute atomic E-state index is 0.0494. The third kappa shape index (κ3) is 6.34. The van der Waals surface area contributed by atoms with E-state index in [1.807, 2.05) is 48.5 Å². The fourth-order valence-corrected chi connectivity index (χ4v) is 3.91. The zero-order valence-electron chi connectivity index (χ0n) is 19.1. The Morgan fingerprint density at radius 2 is 1.56 bits per heavy atom. The number of hydrogen-bond donors (Lipinski definition) is 3. The largest absolute Gasteiger partial charge is 0.481 e. The van der Waals surface area contributed by atoms with Gasteiger partial charge < -0.3 is 25.2 Å². The summed E-state index contributed by atoms with van der Waals surface area (Å²) in [6, 6.07) is 14.6. The molecule has 1 aliphatic carbocycles. The topological polar surface area (TPSA) is 131 Å². The highest BCUT2D eigenvalue weighted by molar-refractivity contribution is 5.88. The molecule has 0 saturated carbocycles. The lowest BCUT2D eigenvalue weighted by molar-refractivity contribution is -0.147. The first-order valence-electron chi connectivity index (χ1n) is 11.1. The third-order valence-electron chi connectivity index (χ3n) is 5.37. The molecule has 34 heavy (non-hydrogen) atoms. The Kier molecular flexibility index (Phi) is 8.24. The van der Waals surface area contributed by atoms with Gasteiger partial charge in [0.2, 0.25) is 5.91 Å². The zero-order valence-corrected chi connectivity index (χ0v) is 19.1. The van der Waals surface area contributed by atoms with Gasteiger partial charge in [0.15, 0.2) is 0 Å². The van der Waals surface area contributed by atoms with Crippen LogP contribution in [-0.2, 0) is 23.9 Å². The predicted octanol–water partition coefficient (Wildman–Crippen LogP) is 2.83. The number of benzene rings is 2. The number of hydrogen-bond acceptors (Lipinski definition) is 6. The van der Waals surface area contributed by atoms with Crippen molar-refractivity contribution in [2.75, 3.05) is 13.2 Å². The Bertz CT molecular complexity index is 1020. The summed E-state index contributed by atoms with van der Waals surface area (Å²) in [7, 11) is 0. The molecule has 0 fully saturated rings. The summed E-state index contributed by atoms with van der Waals surface area (Å²) in [6.45, 7) is 3.00. The molecule has 1 unspecified atom stereocenters. The van der Waals surface area contributed by atoms with E-state index in [-0.39, 0.29) is 31.5 Å². The van der Waals surface area contributed by atoms with Gasteiger partial charge in [0.25, 0.3) is 0 Å². The van der Waals surface area contributed by atoms with Crippen LogP contribution in [0.5, 0.6) is 0 Å². The summed E-state index contributed by atoms with van der Waals surface area (Å²) in [6.07, 6.45) is -1.70. The third-order valence-corrected chi connectivity index (χ3v) is 5.37. The van der Waals surface area contributed by atoms with Crippen molar-refractivity contribution in [3.63, 3.8) is 0 Å². The second-order valence-corrected chi connectivity index (χ2v) is 8.21. The first-order valence-corrected chi connectivity index (χ1v) is 11.1. The number of ether oxygens (including phenoxy) is 2. The van der Waals surface area contributed by atoms with Crippen molar-refractivity contribution in [2.24, 2.45) is 0 Å². The van der Waals surface area contributed by atoms with Crippen molar-refractivity contribution in [1.29, 1.82) is 0 Å². The molecule has 2 aromatic carbocycles. The number of rotatable bonds is 10. The summed E-state index contributed by atoms with van der Waals surface area (Å²) < 4.78 is 10.4. The normalized spacial score (nSPS) is 12.9. The van der Waals surface area contributed by atoms with Crippen LogP contribution in [0.4, 0.5) is 4.79 Å². The van der Waals surface area contributed by atoms with Crippen LogP contribution in [0.2, 0.25) is 0 Å². The zero-order chi connectivity index (χ0) is 24.7. The van der Waals surface area contributed by atoms with Crippen molar-refractivity contribution in [3.05, 3.63) is 59.7 Å². The van der Waals surface area contributed by atoms with Crippen LogP contribution in [0.1, 0.15) is 43.7 Å². The maximum absolute atomic E-state index is 12.5. The standard InChI is InChI=1S/C25H28N2O7/c1-15(2)34-23(30)13-26-24(31)21(11-12-22(28)29)27-25(32)33-14-20-18-9-5-3-7-16(18)17-8-4-6-10-19(17)20/h3-10,15,20-21H,11-14H2,1-2H3,(H,26,31)(H,27,32)(H,28,29). The molecular formula is C25H28N2O7. The van der Waals surface area contributed by atoms with Crippen LogP contribution in [0.15, 0.2) is 48.5 Å². The molecule has 0 spiro atoms. The first-order chi connectivity index (χ1) is 16.3. The number of carboxylic acids is 1. The minimum atomic E-state index is -1.18. The average Bonchev–Trinajstić information content (AvgIpc) is 3.12. The minimum Gasteiger partial charge on any atom is -0.481 e. The summed E-state index contributed by atoms with van der Waals surface area (Å²) in [5, 5.41) is 13.8. The summed E-state index contributed by atoms with van der Waals surface area (Å²) in [5.74, 6) is -2.61. The maximum Gasteiger partial charge on any atom is 0.407 e. The molecule has 3 rings (SSSR count). The van der Waals surface area contributed by atoms with Crippen LogP contribution in [-0.4, -0.2) is 54.3 Å². The highest BCUT2D eigenvalue weighted by atomic mass is 16.6. The SMILES string of the molecule is CC(C)OC(=O)CNC(=O)C(CCC(=O)O)NC(=O)OCC1c2ccccc2-c2ccccc21. The predicted molar refractivity (Wildman–Crippen MR) is 123 cm³/mol. The van der Waals surface area contributed by atoms with E-state index >= 15 is 0 Å². The molecule has 2 aromatic rings. The van der Waals surface area contributed by atoms with Gasteiger partial charge in [-0.25, -0.2) is 4.79 Å². The van der Waals surface area contributed by atoms with Gasteiger partial charge in [-0.2, -0.15) is 0 Å². The molecule has 0 aliphatic heterocycles. The molecule has 1 aliphatic rings. The van der Waals surface area contributed by atoms with E-state index in [1.54, 1.807) is 13.8 Å². The van der Waals surface area contributed by atoms with E-state index in [1.165, 1.54) is 0 Å². The van der Waals surface area contributed by atoms with Crippen LogP contribution in [0.25, 0.3) is 11.1 Å². The lowest BCUT2D eigenvalue weighted by Gasteiger charge is -2.19. The van der Waals surface area contributed by atoms with Crippen molar-refractivity contribution < 1.29 is 33.8 Å². The van der Waals surface area contributed by atoms with Gasteiger partial charge in [-0.3, -0.25) is 14.4 Å². The lowest BCUT2D eigenvalue weighted by Crippen LogP contribution is -2.48. The van der Waals surface area contributed by atoms with E-state index in [4.69, 9.17) is 14.6 Å². The van der Waals surface area contributed by atoms with Crippen molar-refractivity contribution in [2.45, 2.75) is 44.8 Å². The van der Waals surface area contributed by atoms with Gasteiger partial charge in [-0.1, -0.05) is 48.5 Å². The van der Waals surface area contributed by atoms with Gasteiger partial charge in [0.05, 0.1) is 6.10 Å². The molecule has 0 saturated heterocycles. The Labute approximate surface area is 197 Å². The van der Waals surface area contributed by atoms with Gasteiger partial charge in [0, 0.05) is 12.3 Å². The number of amides is 2. The van der Waals surface area contributed by atoms with Crippen LogP contribution in [0, 0.1) is 0 Å². The molecule has 1 atom stereocenters. The Balaban J connectivity index is 1.61. The Morgan fingerprint density at radius 1 is 0.971 bits per heavy atom. The second-order valence-electron chi connectivity index (χ2n) is 8.21. The smallest absolute Gasteiger partial charge is 0.407 e. The van der Waals surface area contributed by atoms with E-state index in [0.29, 0.717) is 0 Å². The summed E-state index contributed by atoms with van der Waals surface area (Å²) in [4.78, 5) is 47.7. The van der Waals surface area contributed by atoms with Crippen molar-refractivity contribution >= 4 is 23.9 Å². The molecule has 180 valence electrons. The number of carbonyl (C=O) groups excluding carboxylic acids is 3. The van der Waals surface area contributed by atoms with E-state index in [0.717, 1.165) is 22.3 Å². The molecule has 9 nitrogen and oxygen atoms in total. The average molecular weight is 469 g/mol. The highest BCUT2D eigenvalue weighted by Gasteiger charge is 2.30. The maximum atomic E-state index is 12.5. The number of fused-ring (bicyclic) bond motifs is 3. The molecule has 0 bridgehead atoms. The molecule has 2 amide bonds. The molecule has 0 radical (unpaired) electrons. The fraction of sp³-hybridized carbons (Fsp3) is 0.360. The molecule has 0 aromatic heterocycles. The quantitative estimate of drug-likeness (QED) is 0.457. The highest BCUT2D eigenvalue weighted by Crippen LogP contribution is 2.44. The lowest BCUT2D eigenvalue weighted by atomic mass is 9.98. The fourth-order valence-electron chi connectivity index (χ4n) is 3.91. The van der Waals surface area contributed by atoms with Crippen molar-refractivity contribution in [1.82, 2.24) is 10.6 Å². The number of esters is 1. The van der Waals surface area contributed by atoms with E-state index < -0.39 is 36.5 Å². The molecular weight excluding hydrogens is 440 g/mol. The van der Waals surface area contributed by atoms with Gasteiger partial charge >= 0.3 is 18.0 Å². The summed E-state index contributed by atoms with van der Waals surface area (Å²) >= 11 is 0. The molecule has 0 heterocycles. The van der Waals surface area contributed by atoms with Gasteiger partial charge in [0.1, 0.15) is 19.2 Å². The van der Waals surface area contributed by atoms with Crippen LogP contribution < -0.4 is 10.6 Å². The van der Waals surface area contributed by atoms with E-state index in [9.17, 15) is 19.2 Å². The number of carboxylic acid groups (broad SMARTS) is 1. The number of nitrogens with one attached hydrogen (secondary N) is 2. The first kappa shape index (κ1) is 24.8. The van der Waals surface area contributed by atoms with E-state index in [2.05, 4.69) is 10.6 Å². The summed E-state index contributed by atoms with van der Waals surface area (Å²) in [5.41, 5.74) is 4.25. The second kappa shape index (κ2) is 11.3. The van der Waals surface area contributed by atoms with Crippen molar-refractivity contribution in [3.8, 4) is 11.1 Å². The molecule has 3 N–H and O–H groups in total. The Hall–Kier alpha value is -3.88.